The molecule has 2 atom stereocenters. The van der Waals surface area contributed by atoms with Crippen LogP contribution in [0.5, 0.6) is 0 Å². The Balaban J connectivity index is 2.16. The van der Waals surface area contributed by atoms with Gasteiger partial charge in [-0.1, -0.05) is 12.1 Å². The van der Waals surface area contributed by atoms with Gasteiger partial charge in [-0.3, -0.25) is 0 Å². The molecule has 0 radical (unpaired) electrons. The number of aliphatic hydroxyl groups is 1. The van der Waals surface area contributed by atoms with Crippen LogP contribution in [0.4, 0.5) is 5.69 Å². The first-order valence-electron chi connectivity index (χ1n) is 4.50. The number of nitrogens with two attached hydrogens (primary N) is 1. The molecule has 1 fully saturated rings. The molecule has 1 aliphatic rings. The number of hydrogen-bond acceptors (Lipinski definition) is 4. The van der Waals surface area contributed by atoms with Gasteiger partial charge in [-0.2, -0.15) is 0 Å². The molecule has 1 saturated heterocycles. The van der Waals surface area contributed by atoms with Crippen molar-refractivity contribution in [2.45, 2.75) is 12.2 Å². The van der Waals surface area contributed by atoms with E-state index < -0.39 is 6.10 Å². The topological polar surface area (TPSA) is 64.7 Å². The molecule has 1 aromatic rings. The molecular weight excluding hydrogens is 182 g/mol. The predicted molar refractivity (Wildman–Crippen MR) is 51.5 cm³/mol. The molecule has 0 aliphatic carbocycles. The van der Waals surface area contributed by atoms with Crippen molar-refractivity contribution in [1.82, 2.24) is 0 Å². The lowest BCUT2D eigenvalue weighted by atomic mass is 10.0. The molecule has 1 aliphatic heterocycles. The Labute approximate surface area is 82.2 Å². The minimum Gasteiger partial charge on any atom is -0.399 e. The minimum absolute atomic E-state index is 0.228. The summed E-state index contributed by atoms with van der Waals surface area (Å²) in [6, 6.07) is 7.30. The zero-order chi connectivity index (χ0) is 9.97. The monoisotopic (exact) mass is 195 g/mol. The van der Waals surface area contributed by atoms with Crippen LogP contribution in [0.2, 0.25) is 0 Å². The van der Waals surface area contributed by atoms with Gasteiger partial charge in [0.2, 0.25) is 0 Å². The second-order valence-corrected chi connectivity index (χ2v) is 3.31. The Morgan fingerprint density at radius 3 is 2.64 bits per heavy atom. The fraction of sp³-hybridized carbons (Fsp3) is 0.400. The quantitative estimate of drug-likeness (QED) is 0.646. The molecule has 3 N–H and O–H groups in total. The summed E-state index contributed by atoms with van der Waals surface area (Å²) in [5.41, 5.74) is 7.19. The van der Waals surface area contributed by atoms with E-state index in [1.54, 1.807) is 12.1 Å². The summed E-state index contributed by atoms with van der Waals surface area (Å²) in [6.45, 7) is 0.543. The van der Waals surface area contributed by atoms with E-state index in [9.17, 15) is 5.11 Å². The minimum atomic E-state index is -0.604. The molecule has 4 nitrogen and oxygen atoms in total. The lowest BCUT2D eigenvalue weighted by Gasteiger charge is -2.28. The van der Waals surface area contributed by atoms with Gasteiger partial charge in [0.15, 0.2) is 0 Å². The first kappa shape index (κ1) is 9.45. The van der Waals surface area contributed by atoms with Gasteiger partial charge in [0.05, 0.1) is 6.61 Å². The van der Waals surface area contributed by atoms with E-state index in [0.29, 0.717) is 12.3 Å². The third kappa shape index (κ3) is 1.87. The summed E-state index contributed by atoms with van der Waals surface area (Å²) in [6.07, 6.45) is -0.906. The number of aliphatic hydroxyl groups excluding tert-OH is 1. The van der Waals surface area contributed by atoms with Crippen LogP contribution in [0.25, 0.3) is 0 Å². The Kier molecular flexibility index (Phi) is 2.67. The van der Waals surface area contributed by atoms with Crippen molar-refractivity contribution in [2.24, 2.45) is 0 Å². The highest BCUT2D eigenvalue weighted by Crippen LogP contribution is 2.25. The number of ether oxygens (including phenoxy) is 2. The molecule has 0 amide bonds. The summed E-state index contributed by atoms with van der Waals surface area (Å²) in [5.74, 6) is 0. The van der Waals surface area contributed by atoms with Gasteiger partial charge >= 0.3 is 0 Å². The van der Waals surface area contributed by atoms with Crippen molar-refractivity contribution in [1.29, 1.82) is 0 Å². The summed E-state index contributed by atoms with van der Waals surface area (Å²) < 4.78 is 10.3. The van der Waals surface area contributed by atoms with E-state index in [1.807, 2.05) is 12.1 Å². The highest BCUT2D eigenvalue weighted by molar-refractivity contribution is 5.40. The van der Waals surface area contributed by atoms with E-state index in [4.69, 9.17) is 15.2 Å². The second-order valence-electron chi connectivity index (χ2n) is 3.31. The number of benzene rings is 1. The van der Waals surface area contributed by atoms with E-state index in [0.717, 1.165) is 5.56 Å². The summed E-state index contributed by atoms with van der Waals surface area (Å²) in [5, 5.41) is 9.61. The Bertz CT molecular complexity index is 299. The van der Waals surface area contributed by atoms with Gasteiger partial charge < -0.3 is 20.3 Å². The zero-order valence-corrected chi connectivity index (χ0v) is 7.72. The average Bonchev–Trinajstić information content (AvgIpc) is 2.20. The van der Waals surface area contributed by atoms with Crippen LogP contribution < -0.4 is 5.73 Å². The van der Waals surface area contributed by atoms with Crippen molar-refractivity contribution in [3.8, 4) is 0 Å². The summed E-state index contributed by atoms with van der Waals surface area (Å²) >= 11 is 0. The first-order valence-corrected chi connectivity index (χ1v) is 4.50. The van der Waals surface area contributed by atoms with Gasteiger partial charge in [0.1, 0.15) is 19.0 Å². The molecule has 0 saturated carbocycles. The maximum absolute atomic E-state index is 9.61. The summed E-state index contributed by atoms with van der Waals surface area (Å²) in [7, 11) is 0. The van der Waals surface area contributed by atoms with Crippen LogP contribution in [0.15, 0.2) is 24.3 Å². The van der Waals surface area contributed by atoms with E-state index in [2.05, 4.69) is 0 Å². The number of nitrogen functional groups attached to an aromatic ring is 1. The highest BCUT2D eigenvalue weighted by Gasteiger charge is 2.25. The number of rotatable bonds is 1. The zero-order valence-electron chi connectivity index (χ0n) is 7.72. The molecule has 76 valence electrons. The van der Waals surface area contributed by atoms with Crippen molar-refractivity contribution in [2.75, 3.05) is 19.1 Å². The van der Waals surface area contributed by atoms with Crippen molar-refractivity contribution < 1.29 is 14.6 Å². The molecule has 14 heavy (non-hydrogen) atoms. The SMILES string of the molecule is Nc1ccc([C@@H]2OCOC[C@@H]2O)cc1. The molecule has 4 heteroatoms. The van der Waals surface area contributed by atoms with E-state index in [-0.39, 0.29) is 12.9 Å². The van der Waals surface area contributed by atoms with Gasteiger partial charge in [-0.05, 0) is 17.7 Å². The predicted octanol–water partition coefficient (Wildman–Crippen LogP) is 0.675. The largest absolute Gasteiger partial charge is 0.399 e. The molecule has 0 spiro atoms. The molecule has 1 heterocycles. The number of hydrogen-bond donors (Lipinski definition) is 2. The third-order valence-electron chi connectivity index (χ3n) is 2.23. The molecule has 0 unspecified atom stereocenters. The maximum atomic E-state index is 9.61. The van der Waals surface area contributed by atoms with Gasteiger partial charge in [0.25, 0.3) is 0 Å². The summed E-state index contributed by atoms with van der Waals surface area (Å²) in [4.78, 5) is 0. The van der Waals surface area contributed by atoms with E-state index in [1.165, 1.54) is 0 Å². The van der Waals surface area contributed by atoms with Crippen molar-refractivity contribution >= 4 is 5.69 Å². The lowest BCUT2D eigenvalue weighted by molar-refractivity contribution is -0.196. The van der Waals surface area contributed by atoms with Crippen LogP contribution in [-0.2, 0) is 9.47 Å². The third-order valence-corrected chi connectivity index (χ3v) is 2.23. The fourth-order valence-electron chi connectivity index (χ4n) is 1.49. The average molecular weight is 195 g/mol. The molecule has 0 bridgehead atoms. The Morgan fingerprint density at radius 1 is 1.29 bits per heavy atom. The van der Waals surface area contributed by atoms with Gasteiger partial charge in [0, 0.05) is 5.69 Å². The second kappa shape index (κ2) is 3.96. The normalized spacial score (nSPS) is 27.5. The van der Waals surface area contributed by atoms with Crippen LogP contribution >= 0.6 is 0 Å². The Hall–Kier alpha value is -1.10. The van der Waals surface area contributed by atoms with Crippen LogP contribution in [0, 0.1) is 0 Å². The van der Waals surface area contributed by atoms with Crippen molar-refractivity contribution in [3.63, 3.8) is 0 Å². The van der Waals surface area contributed by atoms with Gasteiger partial charge in [-0.15, -0.1) is 0 Å². The van der Waals surface area contributed by atoms with Crippen LogP contribution in [0.3, 0.4) is 0 Å². The lowest BCUT2D eigenvalue weighted by Crippen LogP contribution is -2.32. The van der Waals surface area contributed by atoms with Gasteiger partial charge in [-0.25, -0.2) is 0 Å². The standard InChI is InChI=1S/C10H13NO3/c11-8-3-1-7(2-4-8)10-9(12)5-13-6-14-10/h1-4,9-10,12H,5-6,11H2/t9-,10-/m0/s1. The fourth-order valence-corrected chi connectivity index (χ4v) is 1.49. The molecule has 1 aromatic carbocycles. The first-order chi connectivity index (χ1) is 6.77. The maximum Gasteiger partial charge on any atom is 0.147 e. The molecule has 2 rings (SSSR count). The highest BCUT2D eigenvalue weighted by atomic mass is 16.7. The van der Waals surface area contributed by atoms with Crippen molar-refractivity contribution in [3.05, 3.63) is 29.8 Å². The molecular formula is C10H13NO3. The smallest absolute Gasteiger partial charge is 0.147 e. The molecule has 0 aromatic heterocycles. The Morgan fingerprint density at radius 2 is 2.00 bits per heavy atom. The van der Waals surface area contributed by atoms with Crippen LogP contribution in [0.1, 0.15) is 11.7 Å². The number of anilines is 1. The van der Waals surface area contributed by atoms with Crippen LogP contribution in [-0.4, -0.2) is 24.6 Å². The van der Waals surface area contributed by atoms with E-state index >= 15 is 0 Å².